The molecule has 0 saturated carbocycles. The van der Waals surface area contributed by atoms with Gasteiger partial charge in [-0.1, -0.05) is 24.3 Å². The van der Waals surface area contributed by atoms with Crippen molar-refractivity contribution in [3.8, 4) is 5.88 Å². The van der Waals surface area contributed by atoms with Crippen molar-refractivity contribution in [2.24, 2.45) is 0 Å². The van der Waals surface area contributed by atoms with Crippen molar-refractivity contribution in [3.05, 3.63) is 65.7 Å². The maximum absolute atomic E-state index is 14.6. The van der Waals surface area contributed by atoms with E-state index < -0.39 is 18.4 Å². The first-order chi connectivity index (χ1) is 14.9. The zero-order valence-corrected chi connectivity index (χ0v) is 16.5. The number of nitrogens with one attached hydrogen (secondary N) is 1. The van der Waals surface area contributed by atoms with Crippen molar-refractivity contribution < 1.29 is 23.1 Å². The van der Waals surface area contributed by atoms with E-state index in [1.807, 2.05) is 18.2 Å². The number of fused-ring (bicyclic) bond motifs is 2. The van der Waals surface area contributed by atoms with E-state index in [4.69, 9.17) is 4.74 Å². The van der Waals surface area contributed by atoms with E-state index in [1.165, 1.54) is 4.90 Å². The molecule has 2 amide bonds. The van der Waals surface area contributed by atoms with Crippen molar-refractivity contribution in [3.63, 3.8) is 0 Å². The molecule has 0 spiro atoms. The molecule has 8 heteroatoms. The zero-order valence-electron chi connectivity index (χ0n) is 16.5. The number of carbonyl (C=O) groups excluding carboxylic acids is 2. The number of amides is 2. The third-order valence-corrected chi connectivity index (χ3v) is 5.71. The second kappa shape index (κ2) is 7.30. The number of carbonyl (C=O) groups is 2. The van der Waals surface area contributed by atoms with Crippen molar-refractivity contribution in [1.29, 1.82) is 0 Å². The summed E-state index contributed by atoms with van der Waals surface area (Å²) in [5.41, 5.74) is 2.18. The molecule has 31 heavy (non-hydrogen) atoms. The maximum Gasteiger partial charge on any atom is 0.287 e. The van der Waals surface area contributed by atoms with Crippen LogP contribution in [-0.4, -0.2) is 46.8 Å². The van der Waals surface area contributed by atoms with Crippen LogP contribution in [0.2, 0.25) is 0 Å². The summed E-state index contributed by atoms with van der Waals surface area (Å²) < 4.78 is 34.8. The summed E-state index contributed by atoms with van der Waals surface area (Å²) in [4.78, 5) is 30.5. The first-order valence-electron chi connectivity index (χ1n) is 10.0. The van der Waals surface area contributed by atoms with Gasteiger partial charge in [-0.05, 0) is 29.8 Å². The number of benzene rings is 2. The van der Waals surface area contributed by atoms with E-state index in [0.717, 1.165) is 5.39 Å². The van der Waals surface area contributed by atoms with Crippen LogP contribution in [0.15, 0.2) is 54.6 Å². The van der Waals surface area contributed by atoms with Gasteiger partial charge >= 0.3 is 0 Å². The lowest BCUT2D eigenvalue weighted by molar-refractivity contribution is -0.131. The zero-order chi connectivity index (χ0) is 21.6. The summed E-state index contributed by atoms with van der Waals surface area (Å²) in [5, 5.41) is 3.58. The third-order valence-electron chi connectivity index (χ3n) is 5.71. The minimum atomic E-state index is -3.10. The van der Waals surface area contributed by atoms with Crippen molar-refractivity contribution >= 4 is 28.4 Å². The Hall–Kier alpha value is -3.55. The van der Waals surface area contributed by atoms with Crippen molar-refractivity contribution in [2.45, 2.75) is 24.9 Å². The predicted octanol–water partition coefficient (Wildman–Crippen LogP) is 3.66. The summed E-state index contributed by atoms with van der Waals surface area (Å²) in [7, 11) is 0. The van der Waals surface area contributed by atoms with Gasteiger partial charge in [-0.3, -0.25) is 9.59 Å². The number of alkyl halides is 2. The number of rotatable bonds is 3. The molecule has 0 aliphatic carbocycles. The summed E-state index contributed by atoms with van der Waals surface area (Å²) in [6, 6.07) is 15.7. The number of aromatic nitrogens is 1. The fourth-order valence-electron chi connectivity index (χ4n) is 4.06. The Kier molecular flexibility index (Phi) is 4.57. The fraction of sp³-hybridized carbons (Fsp3) is 0.261. The molecular weight excluding hydrogens is 404 g/mol. The van der Waals surface area contributed by atoms with E-state index in [0.29, 0.717) is 22.3 Å². The highest BCUT2D eigenvalue weighted by Crippen LogP contribution is 2.34. The maximum atomic E-state index is 14.6. The molecule has 6 nitrogen and oxygen atoms in total. The molecule has 1 fully saturated rings. The average Bonchev–Trinajstić information content (AvgIpc) is 3.15. The van der Waals surface area contributed by atoms with Gasteiger partial charge in [0.2, 0.25) is 11.8 Å². The van der Waals surface area contributed by atoms with Gasteiger partial charge in [-0.25, -0.2) is 13.8 Å². The standard InChI is InChI=1S/C23H19F2N3O3/c24-23(25)10-11-28(22(30)15-5-3-7-18-16(15)12-20(29)26-18)13-19(23)31-21-9-8-14-4-1-2-6-17(14)27-21/h1-9,19H,10-13H2,(H,26,29)/t19-/m0/s1. The number of nitrogens with zero attached hydrogens (tertiary/aromatic N) is 2. The Balaban J connectivity index is 1.38. The van der Waals surface area contributed by atoms with Crippen LogP contribution in [0.1, 0.15) is 22.3 Å². The van der Waals surface area contributed by atoms with E-state index in [1.54, 1.807) is 36.4 Å². The molecule has 0 radical (unpaired) electrons. The number of anilines is 1. The lowest BCUT2D eigenvalue weighted by Gasteiger charge is -2.38. The Morgan fingerprint density at radius 3 is 2.84 bits per heavy atom. The molecule has 1 aromatic heterocycles. The number of para-hydroxylation sites is 1. The van der Waals surface area contributed by atoms with Gasteiger partial charge in [0.15, 0.2) is 6.10 Å². The van der Waals surface area contributed by atoms with Gasteiger partial charge < -0.3 is 15.0 Å². The molecule has 3 aromatic rings. The monoisotopic (exact) mass is 423 g/mol. The lowest BCUT2D eigenvalue weighted by Crippen LogP contribution is -2.55. The SMILES string of the molecule is O=C1Cc2c(cccc2C(=O)N2CCC(F)(F)[C@@H](Oc3ccc4ccccc4n3)C2)N1. The van der Waals surface area contributed by atoms with Crippen LogP contribution in [0.25, 0.3) is 10.9 Å². The number of hydrogen-bond acceptors (Lipinski definition) is 4. The summed E-state index contributed by atoms with van der Waals surface area (Å²) >= 11 is 0. The van der Waals surface area contributed by atoms with Gasteiger partial charge in [0, 0.05) is 35.7 Å². The number of halogens is 2. The van der Waals surface area contributed by atoms with E-state index in [9.17, 15) is 18.4 Å². The van der Waals surface area contributed by atoms with Gasteiger partial charge in [-0.2, -0.15) is 0 Å². The van der Waals surface area contributed by atoms with E-state index in [-0.39, 0.29) is 37.2 Å². The van der Waals surface area contributed by atoms with Gasteiger partial charge in [-0.15, -0.1) is 0 Å². The number of hydrogen-bond donors (Lipinski definition) is 1. The number of ether oxygens (including phenoxy) is 1. The third kappa shape index (κ3) is 3.58. The molecule has 5 rings (SSSR count). The van der Waals surface area contributed by atoms with Gasteiger partial charge in [0.05, 0.1) is 18.5 Å². The fourth-order valence-corrected chi connectivity index (χ4v) is 4.06. The lowest BCUT2D eigenvalue weighted by atomic mass is 9.99. The molecule has 0 bridgehead atoms. The number of piperidine rings is 1. The smallest absolute Gasteiger partial charge is 0.287 e. The van der Waals surface area contributed by atoms with E-state index in [2.05, 4.69) is 10.3 Å². The van der Waals surface area contributed by atoms with Crippen LogP contribution in [0.3, 0.4) is 0 Å². The molecular formula is C23H19F2N3O3. The van der Waals surface area contributed by atoms with Crippen LogP contribution in [0.4, 0.5) is 14.5 Å². The van der Waals surface area contributed by atoms with Crippen LogP contribution in [0.5, 0.6) is 5.88 Å². The Bertz CT molecular complexity index is 1200. The minimum absolute atomic E-state index is 0.0908. The average molecular weight is 423 g/mol. The highest BCUT2D eigenvalue weighted by Gasteiger charge is 2.47. The number of pyridine rings is 1. The summed E-state index contributed by atoms with van der Waals surface area (Å²) in [6.07, 6.45) is -1.93. The molecule has 2 aliphatic rings. The van der Waals surface area contributed by atoms with Gasteiger partial charge in [0.1, 0.15) is 0 Å². The second-order valence-electron chi connectivity index (χ2n) is 7.77. The largest absolute Gasteiger partial charge is 0.466 e. The normalized spacial score (nSPS) is 19.7. The first kappa shape index (κ1) is 19.4. The Morgan fingerprint density at radius 2 is 1.97 bits per heavy atom. The molecule has 1 N–H and O–H groups in total. The van der Waals surface area contributed by atoms with Gasteiger partial charge in [0.25, 0.3) is 11.8 Å². The van der Waals surface area contributed by atoms with Crippen LogP contribution in [0, 0.1) is 0 Å². The molecule has 2 aromatic carbocycles. The quantitative estimate of drug-likeness (QED) is 0.698. The van der Waals surface area contributed by atoms with Crippen LogP contribution in [-0.2, 0) is 11.2 Å². The van der Waals surface area contributed by atoms with Crippen molar-refractivity contribution in [2.75, 3.05) is 18.4 Å². The molecule has 1 saturated heterocycles. The van der Waals surface area contributed by atoms with E-state index >= 15 is 0 Å². The topological polar surface area (TPSA) is 71.5 Å². The summed E-state index contributed by atoms with van der Waals surface area (Å²) in [6.45, 7) is -0.368. The molecule has 2 aliphatic heterocycles. The highest BCUT2D eigenvalue weighted by molar-refractivity contribution is 6.05. The van der Waals surface area contributed by atoms with Crippen molar-refractivity contribution in [1.82, 2.24) is 9.88 Å². The molecule has 0 unspecified atom stereocenters. The minimum Gasteiger partial charge on any atom is -0.466 e. The number of likely N-dealkylation sites (tertiary alicyclic amines) is 1. The highest BCUT2D eigenvalue weighted by atomic mass is 19.3. The molecule has 158 valence electrons. The Morgan fingerprint density at radius 1 is 1.13 bits per heavy atom. The molecule has 3 heterocycles. The van der Waals surface area contributed by atoms with Crippen LogP contribution >= 0.6 is 0 Å². The molecule has 1 atom stereocenters. The second-order valence-corrected chi connectivity index (χ2v) is 7.77. The summed E-state index contributed by atoms with van der Waals surface area (Å²) in [5.74, 6) is -3.58. The first-order valence-corrected chi connectivity index (χ1v) is 10.0. The van der Waals surface area contributed by atoms with Crippen LogP contribution < -0.4 is 10.1 Å². The predicted molar refractivity (Wildman–Crippen MR) is 110 cm³/mol. The Labute approximate surface area is 176 Å².